The lowest BCUT2D eigenvalue weighted by molar-refractivity contribution is 0.440. The second kappa shape index (κ2) is 5.65. The molecule has 0 heterocycles. The third-order valence-electron chi connectivity index (χ3n) is 2.69. The largest absolute Gasteiger partial charge is 0.454 e. The van der Waals surface area contributed by atoms with E-state index >= 15 is 0 Å². The molecule has 3 heteroatoms. The van der Waals surface area contributed by atoms with Gasteiger partial charge in [-0.2, -0.15) is 0 Å². The number of hydrogen-bond donors (Lipinski definition) is 1. The molecule has 0 aliphatic heterocycles. The summed E-state index contributed by atoms with van der Waals surface area (Å²) in [5, 5.41) is 3.07. The molecule has 2 aromatic rings. The molecule has 0 aromatic heterocycles. The molecule has 0 aliphatic rings. The van der Waals surface area contributed by atoms with Crippen LogP contribution in [-0.4, -0.2) is 7.05 Å². The summed E-state index contributed by atoms with van der Waals surface area (Å²) in [6.07, 6.45) is 0. The van der Waals surface area contributed by atoms with Crippen molar-refractivity contribution in [3.63, 3.8) is 0 Å². The van der Waals surface area contributed by atoms with Crippen LogP contribution in [0.25, 0.3) is 0 Å². The number of aryl methyl sites for hydroxylation is 1. The maximum atomic E-state index is 13.8. The van der Waals surface area contributed by atoms with E-state index in [9.17, 15) is 4.39 Å². The first-order valence-electron chi connectivity index (χ1n) is 5.87. The fourth-order valence-corrected chi connectivity index (χ4v) is 1.71. The average molecular weight is 245 g/mol. The zero-order chi connectivity index (χ0) is 13.0. The quantitative estimate of drug-likeness (QED) is 0.887. The summed E-state index contributed by atoms with van der Waals surface area (Å²) in [5.74, 6) is 0.590. The van der Waals surface area contributed by atoms with Crippen LogP contribution in [0.2, 0.25) is 0 Å². The SMILES string of the molecule is CNCc1ccc(Oc2cccc(C)c2F)cc1. The van der Waals surface area contributed by atoms with E-state index in [4.69, 9.17) is 4.74 Å². The molecule has 0 amide bonds. The van der Waals surface area contributed by atoms with Crippen LogP contribution in [0.3, 0.4) is 0 Å². The van der Waals surface area contributed by atoms with Crippen LogP contribution in [0.5, 0.6) is 11.5 Å². The molecule has 0 aliphatic carbocycles. The van der Waals surface area contributed by atoms with Gasteiger partial charge in [-0.1, -0.05) is 24.3 Å². The Morgan fingerprint density at radius 1 is 1.11 bits per heavy atom. The zero-order valence-electron chi connectivity index (χ0n) is 10.5. The van der Waals surface area contributed by atoms with E-state index < -0.39 is 0 Å². The highest BCUT2D eigenvalue weighted by molar-refractivity contribution is 5.36. The van der Waals surface area contributed by atoms with E-state index in [-0.39, 0.29) is 11.6 Å². The maximum absolute atomic E-state index is 13.8. The van der Waals surface area contributed by atoms with Gasteiger partial charge < -0.3 is 10.1 Å². The summed E-state index contributed by atoms with van der Waals surface area (Å²) in [7, 11) is 1.90. The predicted molar refractivity (Wildman–Crippen MR) is 70.4 cm³/mol. The van der Waals surface area contributed by atoms with Crippen molar-refractivity contribution in [3.05, 3.63) is 59.4 Å². The lowest BCUT2D eigenvalue weighted by atomic mass is 10.2. The smallest absolute Gasteiger partial charge is 0.168 e. The van der Waals surface area contributed by atoms with Crippen molar-refractivity contribution >= 4 is 0 Å². The Hall–Kier alpha value is -1.87. The topological polar surface area (TPSA) is 21.3 Å². The van der Waals surface area contributed by atoms with Crippen LogP contribution in [0.15, 0.2) is 42.5 Å². The second-order valence-electron chi connectivity index (χ2n) is 4.16. The van der Waals surface area contributed by atoms with E-state index in [1.165, 1.54) is 0 Å². The summed E-state index contributed by atoms with van der Waals surface area (Å²) in [6, 6.07) is 12.7. The average Bonchev–Trinajstić information content (AvgIpc) is 2.38. The van der Waals surface area contributed by atoms with E-state index in [2.05, 4.69) is 5.32 Å². The molecule has 0 unspecified atom stereocenters. The highest BCUT2D eigenvalue weighted by atomic mass is 19.1. The number of hydrogen-bond acceptors (Lipinski definition) is 2. The van der Waals surface area contributed by atoms with Crippen LogP contribution >= 0.6 is 0 Å². The first-order chi connectivity index (χ1) is 8.70. The first kappa shape index (κ1) is 12.6. The Morgan fingerprint density at radius 2 is 1.83 bits per heavy atom. The van der Waals surface area contributed by atoms with Crippen LogP contribution in [0.1, 0.15) is 11.1 Å². The molecule has 0 saturated carbocycles. The monoisotopic (exact) mass is 245 g/mol. The van der Waals surface area contributed by atoms with Gasteiger partial charge in [-0.25, -0.2) is 4.39 Å². The Labute approximate surface area is 106 Å². The van der Waals surface area contributed by atoms with E-state index in [1.54, 1.807) is 25.1 Å². The van der Waals surface area contributed by atoms with Gasteiger partial charge in [0.2, 0.25) is 0 Å². The molecule has 2 aromatic carbocycles. The van der Waals surface area contributed by atoms with Crippen LogP contribution < -0.4 is 10.1 Å². The van der Waals surface area contributed by atoms with E-state index in [1.807, 2.05) is 31.3 Å². The van der Waals surface area contributed by atoms with Crippen molar-refractivity contribution in [2.45, 2.75) is 13.5 Å². The summed E-state index contributed by atoms with van der Waals surface area (Å²) in [6.45, 7) is 2.53. The van der Waals surface area contributed by atoms with Crippen molar-refractivity contribution in [2.24, 2.45) is 0 Å². The van der Waals surface area contributed by atoms with Crippen molar-refractivity contribution < 1.29 is 9.13 Å². The van der Waals surface area contributed by atoms with E-state index in [0.29, 0.717) is 11.3 Å². The molecule has 0 radical (unpaired) electrons. The third kappa shape index (κ3) is 2.87. The van der Waals surface area contributed by atoms with Gasteiger partial charge in [0.1, 0.15) is 5.75 Å². The summed E-state index contributed by atoms with van der Waals surface area (Å²) in [5.41, 5.74) is 1.74. The van der Waals surface area contributed by atoms with Crippen LogP contribution in [-0.2, 0) is 6.54 Å². The lowest BCUT2D eigenvalue weighted by Gasteiger charge is -2.08. The normalized spacial score (nSPS) is 10.4. The highest BCUT2D eigenvalue weighted by Crippen LogP contribution is 2.26. The molecular formula is C15H16FNO. The molecule has 0 fully saturated rings. The minimum absolute atomic E-state index is 0.261. The summed E-state index contributed by atoms with van der Waals surface area (Å²) >= 11 is 0. The van der Waals surface area contributed by atoms with Gasteiger partial charge in [0.05, 0.1) is 0 Å². The van der Waals surface area contributed by atoms with Crippen molar-refractivity contribution in [1.29, 1.82) is 0 Å². The fourth-order valence-electron chi connectivity index (χ4n) is 1.71. The fraction of sp³-hybridized carbons (Fsp3) is 0.200. The summed E-state index contributed by atoms with van der Waals surface area (Å²) < 4.78 is 19.3. The Morgan fingerprint density at radius 3 is 2.50 bits per heavy atom. The molecule has 2 rings (SSSR count). The Kier molecular flexibility index (Phi) is 3.95. The minimum atomic E-state index is -0.309. The maximum Gasteiger partial charge on any atom is 0.168 e. The van der Waals surface area contributed by atoms with Crippen molar-refractivity contribution in [2.75, 3.05) is 7.05 Å². The predicted octanol–water partition coefficient (Wildman–Crippen LogP) is 3.65. The molecule has 94 valence electrons. The number of ether oxygens (including phenoxy) is 1. The Balaban J connectivity index is 2.16. The molecule has 0 saturated heterocycles. The minimum Gasteiger partial charge on any atom is -0.454 e. The van der Waals surface area contributed by atoms with Gasteiger partial charge >= 0.3 is 0 Å². The lowest BCUT2D eigenvalue weighted by Crippen LogP contribution is -2.04. The van der Waals surface area contributed by atoms with Crippen LogP contribution in [0, 0.1) is 12.7 Å². The molecule has 1 N–H and O–H groups in total. The number of benzene rings is 2. The number of rotatable bonds is 4. The van der Waals surface area contributed by atoms with Gasteiger partial charge in [-0.05, 0) is 43.3 Å². The summed E-state index contributed by atoms with van der Waals surface area (Å²) in [4.78, 5) is 0. The zero-order valence-corrected chi connectivity index (χ0v) is 10.5. The van der Waals surface area contributed by atoms with Crippen molar-refractivity contribution in [1.82, 2.24) is 5.32 Å². The van der Waals surface area contributed by atoms with Crippen molar-refractivity contribution in [3.8, 4) is 11.5 Å². The van der Waals surface area contributed by atoms with Gasteiger partial charge in [-0.3, -0.25) is 0 Å². The number of nitrogens with one attached hydrogen (secondary N) is 1. The van der Waals surface area contributed by atoms with Gasteiger partial charge in [0.15, 0.2) is 11.6 Å². The molecule has 18 heavy (non-hydrogen) atoms. The molecular weight excluding hydrogens is 229 g/mol. The third-order valence-corrected chi connectivity index (χ3v) is 2.69. The molecule has 2 nitrogen and oxygen atoms in total. The van der Waals surface area contributed by atoms with Crippen LogP contribution in [0.4, 0.5) is 4.39 Å². The van der Waals surface area contributed by atoms with E-state index in [0.717, 1.165) is 12.1 Å². The first-order valence-corrected chi connectivity index (χ1v) is 5.87. The van der Waals surface area contributed by atoms with Gasteiger partial charge in [0.25, 0.3) is 0 Å². The molecule has 0 spiro atoms. The highest BCUT2D eigenvalue weighted by Gasteiger charge is 2.06. The van der Waals surface area contributed by atoms with Gasteiger partial charge in [-0.15, -0.1) is 0 Å². The molecule has 0 bridgehead atoms. The standard InChI is InChI=1S/C15H16FNO/c1-11-4-3-5-14(15(11)16)18-13-8-6-12(7-9-13)10-17-2/h3-9,17H,10H2,1-2H3. The second-order valence-corrected chi connectivity index (χ2v) is 4.16. The van der Waals surface area contributed by atoms with Gasteiger partial charge in [0, 0.05) is 6.54 Å². The number of halogens is 1. The Bertz CT molecular complexity index is 523. The molecule has 0 atom stereocenters.